The minimum atomic E-state index is -0.643. The largest absolute Gasteiger partial charge is 0.384 e. The highest BCUT2D eigenvalue weighted by Crippen LogP contribution is 1.99. The topological polar surface area (TPSA) is 109 Å². The van der Waals surface area contributed by atoms with Crippen molar-refractivity contribution in [3.8, 4) is 11.8 Å². The highest BCUT2D eigenvalue weighted by molar-refractivity contribution is 5.93. The van der Waals surface area contributed by atoms with Crippen molar-refractivity contribution in [3.63, 3.8) is 0 Å². The minimum Gasteiger partial charge on any atom is -0.384 e. The number of benzene rings is 1. The van der Waals surface area contributed by atoms with E-state index in [1.165, 1.54) is 12.4 Å². The van der Waals surface area contributed by atoms with Crippen LogP contribution in [-0.2, 0) is 6.54 Å². The minimum absolute atomic E-state index is 0.0548. The van der Waals surface area contributed by atoms with E-state index in [2.05, 4.69) is 32.2 Å². The van der Waals surface area contributed by atoms with Crippen LogP contribution in [0, 0.1) is 11.8 Å². The molecule has 0 bridgehead atoms. The molecule has 0 saturated heterocycles. The lowest BCUT2D eigenvalue weighted by Gasteiger charge is -2.05. The second kappa shape index (κ2) is 7.33. The second-order valence-electron chi connectivity index (χ2n) is 4.96. The molecule has 3 rings (SSSR count). The summed E-state index contributed by atoms with van der Waals surface area (Å²) in [7, 11) is 0. The summed E-state index contributed by atoms with van der Waals surface area (Å²) in [5, 5.41) is 15.4. The van der Waals surface area contributed by atoms with Gasteiger partial charge >= 0.3 is 0 Å². The Morgan fingerprint density at radius 1 is 1.20 bits per heavy atom. The number of fused-ring (bicyclic) bond motifs is 1. The molecular weight excluding hydrogens is 322 g/mol. The molecule has 2 heterocycles. The SMILES string of the molecule is O=C(NCc1ccccc1)c1cnc2ncc(C#CCO)nn2c1=O. The van der Waals surface area contributed by atoms with Crippen LogP contribution in [0.4, 0.5) is 0 Å². The summed E-state index contributed by atoms with van der Waals surface area (Å²) in [5.74, 6) is 4.46. The Morgan fingerprint density at radius 2 is 1.96 bits per heavy atom. The standard InChI is InChI=1S/C17H13N5O3/c23-8-4-7-13-10-19-17-20-11-14(16(25)22(17)21-13)15(24)18-9-12-5-2-1-3-6-12/h1-3,5-6,10-11,23H,8-9H2,(H,18,24). The number of hydrogen-bond donors (Lipinski definition) is 2. The molecular formula is C17H13N5O3. The van der Waals surface area contributed by atoms with Gasteiger partial charge in [-0.25, -0.2) is 9.97 Å². The van der Waals surface area contributed by atoms with E-state index < -0.39 is 11.5 Å². The monoisotopic (exact) mass is 335 g/mol. The van der Waals surface area contributed by atoms with Gasteiger partial charge in [-0.2, -0.15) is 9.61 Å². The van der Waals surface area contributed by atoms with Gasteiger partial charge in [0.25, 0.3) is 17.2 Å². The molecule has 0 atom stereocenters. The Balaban J connectivity index is 1.89. The van der Waals surface area contributed by atoms with E-state index in [-0.39, 0.29) is 30.2 Å². The summed E-state index contributed by atoms with van der Waals surface area (Å²) in [4.78, 5) is 32.7. The Kier molecular flexibility index (Phi) is 4.78. The van der Waals surface area contributed by atoms with Crippen LogP contribution in [0.5, 0.6) is 0 Å². The number of nitrogens with one attached hydrogen (secondary N) is 1. The van der Waals surface area contributed by atoms with Crippen molar-refractivity contribution < 1.29 is 9.90 Å². The van der Waals surface area contributed by atoms with Gasteiger partial charge in [-0.15, -0.1) is 0 Å². The zero-order valence-electron chi connectivity index (χ0n) is 13.0. The van der Waals surface area contributed by atoms with Gasteiger partial charge in [-0.1, -0.05) is 36.3 Å². The Labute approximate surface area is 142 Å². The average Bonchev–Trinajstić information content (AvgIpc) is 2.66. The van der Waals surface area contributed by atoms with E-state index in [1.807, 2.05) is 30.3 Å². The van der Waals surface area contributed by atoms with Crippen LogP contribution in [-0.4, -0.2) is 37.2 Å². The van der Waals surface area contributed by atoms with Crippen LogP contribution in [0.15, 0.2) is 47.5 Å². The molecule has 2 N–H and O–H groups in total. The predicted molar refractivity (Wildman–Crippen MR) is 88.6 cm³/mol. The quantitative estimate of drug-likeness (QED) is 0.639. The summed E-state index contributed by atoms with van der Waals surface area (Å²) < 4.78 is 0.915. The van der Waals surface area contributed by atoms with Crippen molar-refractivity contribution in [2.75, 3.05) is 6.61 Å². The van der Waals surface area contributed by atoms with E-state index >= 15 is 0 Å². The van der Waals surface area contributed by atoms with Gasteiger partial charge in [0.05, 0.1) is 6.20 Å². The zero-order valence-corrected chi connectivity index (χ0v) is 13.0. The molecule has 0 spiro atoms. The Bertz CT molecular complexity index is 1030. The van der Waals surface area contributed by atoms with E-state index in [0.29, 0.717) is 0 Å². The highest BCUT2D eigenvalue weighted by Gasteiger charge is 2.14. The fraction of sp³-hybridized carbons (Fsp3) is 0.118. The van der Waals surface area contributed by atoms with Crippen LogP contribution in [0.2, 0.25) is 0 Å². The summed E-state index contributed by atoms with van der Waals surface area (Å²) in [6.45, 7) is -0.0513. The summed E-state index contributed by atoms with van der Waals surface area (Å²) >= 11 is 0. The first-order chi connectivity index (χ1) is 12.2. The lowest BCUT2D eigenvalue weighted by atomic mass is 10.2. The molecule has 0 aliphatic heterocycles. The van der Waals surface area contributed by atoms with Gasteiger partial charge in [0.15, 0.2) is 5.69 Å². The number of rotatable bonds is 3. The molecule has 0 unspecified atom stereocenters. The summed E-state index contributed by atoms with van der Waals surface area (Å²) in [5.41, 5.74) is 0.309. The molecule has 3 aromatic rings. The lowest BCUT2D eigenvalue weighted by molar-refractivity contribution is 0.0948. The van der Waals surface area contributed by atoms with E-state index in [0.717, 1.165) is 10.1 Å². The maximum Gasteiger partial charge on any atom is 0.288 e. The molecule has 1 amide bonds. The van der Waals surface area contributed by atoms with Gasteiger partial charge in [0, 0.05) is 12.7 Å². The number of nitrogens with zero attached hydrogens (tertiary/aromatic N) is 4. The number of amides is 1. The van der Waals surface area contributed by atoms with Crippen molar-refractivity contribution in [1.82, 2.24) is 24.9 Å². The third-order valence-electron chi connectivity index (χ3n) is 3.27. The van der Waals surface area contributed by atoms with Crippen LogP contribution < -0.4 is 10.9 Å². The molecule has 8 heteroatoms. The van der Waals surface area contributed by atoms with Crippen molar-refractivity contribution in [3.05, 3.63) is 69.9 Å². The molecule has 25 heavy (non-hydrogen) atoms. The lowest BCUT2D eigenvalue weighted by Crippen LogP contribution is -2.32. The Hall–Kier alpha value is -3.57. The predicted octanol–water partition coefficient (Wildman–Crippen LogP) is -0.242. The average molecular weight is 335 g/mol. The fourth-order valence-corrected chi connectivity index (χ4v) is 2.08. The molecule has 0 aliphatic carbocycles. The van der Waals surface area contributed by atoms with Crippen LogP contribution in [0.1, 0.15) is 21.6 Å². The fourth-order valence-electron chi connectivity index (χ4n) is 2.08. The van der Waals surface area contributed by atoms with Gasteiger partial charge in [0.1, 0.15) is 12.2 Å². The molecule has 0 radical (unpaired) electrons. The molecule has 2 aromatic heterocycles. The number of carbonyl (C=O) groups is 1. The van der Waals surface area contributed by atoms with Crippen molar-refractivity contribution in [2.24, 2.45) is 0 Å². The molecule has 0 aliphatic rings. The summed E-state index contributed by atoms with van der Waals surface area (Å²) in [6, 6.07) is 9.32. The number of carbonyl (C=O) groups excluding carboxylic acids is 1. The van der Waals surface area contributed by atoms with E-state index in [4.69, 9.17) is 5.11 Å². The van der Waals surface area contributed by atoms with Crippen molar-refractivity contribution >= 4 is 11.7 Å². The smallest absolute Gasteiger partial charge is 0.288 e. The Morgan fingerprint density at radius 3 is 2.72 bits per heavy atom. The third kappa shape index (κ3) is 3.68. The van der Waals surface area contributed by atoms with Crippen molar-refractivity contribution in [2.45, 2.75) is 6.54 Å². The van der Waals surface area contributed by atoms with E-state index in [1.54, 1.807) is 0 Å². The van der Waals surface area contributed by atoms with E-state index in [9.17, 15) is 9.59 Å². The second-order valence-corrected chi connectivity index (χ2v) is 4.96. The third-order valence-corrected chi connectivity index (χ3v) is 3.27. The zero-order chi connectivity index (χ0) is 17.6. The van der Waals surface area contributed by atoms with Crippen LogP contribution in [0.25, 0.3) is 5.78 Å². The summed E-state index contributed by atoms with van der Waals surface area (Å²) in [6.07, 6.45) is 2.51. The van der Waals surface area contributed by atoms with Crippen LogP contribution >= 0.6 is 0 Å². The molecule has 124 valence electrons. The highest BCUT2D eigenvalue weighted by atomic mass is 16.2. The van der Waals surface area contributed by atoms with Gasteiger partial charge < -0.3 is 10.4 Å². The molecule has 1 aromatic carbocycles. The number of aromatic nitrogens is 4. The molecule has 0 saturated carbocycles. The maximum absolute atomic E-state index is 12.5. The first-order valence-electron chi connectivity index (χ1n) is 7.36. The molecule has 0 fully saturated rings. The first-order valence-corrected chi connectivity index (χ1v) is 7.36. The van der Waals surface area contributed by atoms with Crippen LogP contribution in [0.3, 0.4) is 0 Å². The number of aliphatic hydroxyl groups is 1. The van der Waals surface area contributed by atoms with Gasteiger partial charge in [0.2, 0.25) is 0 Å². The van der Waals surface area contributed by atoms with Crippen molar-refractivity contribution in [1.29, 1.82) is 0 Å². The number of aliphatic hydroxyl groups excluding tert-OH is 1. The maximum atomic E-state index is 12.5. The van der Waals surface area contributed by atoms with Gasteiger partial charge in [-0.3, -0.25) is 9.59 Å². The number of hydrogen-bond acceptors (Lipinski definition) is 6. The first kappa shape index (κ1) is 16.3. The van der Waals surface area contributed by atoms with Gasteiger partial charge in [-0.05, 0) is 11.5 Å². The normalized spacial score (nSPS) is 10.1. The molecule has 8 nitrogen and oxygen atoms in total.